The Hall–Kier alpha value is -2.81. The molecule has 0 radical (unpaired) electrons. The second-order valence-electron chi connectivity index (χ2n) is 9.66. The van der Waals surface area contributed by atoms with Gasteiger partial charge < -0.3 is 9.47 Å². The number of carbonyl (C=O) groups is 1. The number of allylic oxidation sites excluding steroid dienone is 1. The third-order valence-electron chi connectivity index (χ3n) is 7.52. The average Bonchev–Trinajstić information content (AvgIpc) is 2.86. The Bertz CT molecular complexity index is 928. The first-order valence-electron chi connectivity index (χ1n) is 12.4. The van der Waals surface area contributed by atoms with Crippen molar-refractivity contribution in [1.29, 1.82) is 0 Å². The molecule has 0 heterocycles. The molecule has 4 unspecified atom stereocenters. The molecule has 0 saturated heterocycles. The number of rotatable bonds is 9. The van der Waals surface area contributed by atoms with Gasteiger partial charge in [0.05, 0.1) is 5.56 Å². The summed E-state index contributed by atoms with van der Waals surface area (Å²) in [5.41, 5.74) is 1.95. The van der Waals surface area contributed by atoms with Gasteiger partial charge in [-0.25, -0.2) is 4.79 Å². The zero-order valence-electron chi connectivity index (χ0n) is 19.6. The van der Waals surface area contributed by atoms with Crippen molar-refractivity contribution in [2.75, 3.05) is 6.61 Å². The second kappa shape index (κ2) is 11.4. The molecule has 0 spiro atoms. The summed E-state index contributed by atoms with van der Waals surface area (Å²) in [4.78, 5) is 12.6. The van der Waals surface area contributed by atoms with Gasteiger partial charge in [0.15, 0.2) is 0 Å². The van der Waals surface area contributed by atoms with Crippen molar-refractivity contribution >= 4 is 5.97 Å². The van der Waals surface area contributed by atoms with Crippen molar-refractivity contribution in [3.63, 3.8) is 0 Å². The minimum Gasteiger partial charge on any atom is -0.490 e. The maximum Gasteiger partial charge on any atom is 0.343 e. The number of ether oxygens (including phenoxy) is 2. The summed E-state index contributed by atoms with van der Waals surface area (Å²) < 4.78 is 11.0. The van der Waals surface area contributed by atoms with Crippen LogP contribution in [-0.2, 0) is 0 Å². The van der Waals surface area contributed by atoms with Gasteiger partial charge in [-0.05, 0) is 111 Å². The van der Waals surface area contributed by atoms with Crippen molar-refractivity contribution in [3.8, 4) is 11.5 Å². The Labute approximate surface area is 198 Å². The molecule has 4 rings (SSSR count). The predicted octanol–water partition coefficient (Wildman–Crippen LogP) is 7.74. The molecule has 174 valence electrons. The van der Waals surface area contributed by atoms with Crippen LogP contribution in [0.1, 0.15) is 73.2 Å². The predicted molar refractivity (Wildman–Crippen MR) is 134 cm³/mol. The van der Waals surface area contributed by atoms with Crippen molar-refractivity contribution in [2.24, 2.45) is 17.8 Å². The van der Waals surface area contributed by atoms with Gasteiger partial charge in [0, 0.05) is 0 Å². The zero-order chi connectivity index (χ0) is 23.0. The Kier molecular flexibility index (Phi) is 8.04. The molecule has 2 fully saturated rings. The highest BCUT2D eigenvalue weighted by atomic mass is 16.5. The molecule has 3 heteroatoms. The quantitative estimate of drug-likeness (QED) is 0.225. The fourth-order valence-electron chi connectivity index (χ4n) is 5.72. The summed E-state index contributed by atoms with van der Waals surface area (Å²) in [6.45, 7) is 7.97. The minimum atomic E-state index is -0.331. The monoisotopic (exact) mass is 444 g/mol. The van der Waals surface area contributed by atoms with Gasteiger partial charge in [0.2, 0.25) is 0 Å². The van der Waals surface area contributed by atoms with Crippen LogP contribution in [0.15, 0.2) is 73.8 Å². The maximum absolute atomic E-state index is 12.6. The van der Waals surface area contributed by atoms with Crippen LogP contribution in [0.4, 0.5) is 0 Å². The Morgan fingerprint density at radius 2 is 1.55 bits per heavy atom. The van der Waals surface area contributed by atoms with E-state index in [1.807, 2.05) is 12.1 Å². The third kappa shape index (κ3) is 6.16. The van der Waals surface area contributed by atoms with Crippen LogP contribution in [0.3, 0.4) is 0 Å². The number of carbonyl (C=O) groups excluding carboxylic acids is 1. The van der Waals surface area contributed by atoms with Crippen LogP contribution in [0, 0.1) is 17.8 Å². The topological polar surface area (TPSA) is 35.5 Å². The van der Waals surface area contributed by atoms with Crippen molar-refractivity contribution in [1.82, 2.24) is 0 Å². The molecule has 2 saturated carbocycles. The molecular formula is C30H36O3. The van der Waals surface area contributed by atoms with Crippen LogP contribution < -0.4 is 9.47 Å². The Morgan fingerprint density at radius 1 is 0.848 bits per heavy atom. The number of benzene rings is 2. The van der Waals surface area contributed by atoms with Gasteiger partial charge in [-0.15, -0.1) is 6.58 Å². The molecule has 33 heavy (non-hydrogen) atoms. The lowest BCUT2D eigenvalue weighted by molar-refractivity contribution is 0.0734. The van der Waals surface area contributed by atoms with Crippen LogP contribution >= 0.6 is 0 Å². The van der Waals surface area contributed by atoms with Gasteiger partial charge in [-0.1, -0.05) is 37.3 Å². The van der Waals surface area contributed by atoms with E-state index >= 15 is 0 Å². The van der Waals surface area contributed by atoms with Crippen LogP contribution in [0.2, 0.25) is 0 Å². The van der Waals surface area contributed by atoms with Gasteiger partial charge in [-0.3, -0.25) is 0 Å². The van der Waals surface area contributed by atoms with Crippen molar-refractivity contribution in [3.05, 3.63) is 85.0 Å². The lowest BCUT2D eigenvalue weighted by atomic mass is 9.63. The van der Waals surface area contributed by atoms with Crippen LogP contribution in [0.5, 0.6) is 11.5 Å². The average molecular weight is 445 g/mol. The molecule has 4 atom stereocenters. The summed E-state index contributed by atoms with van der Waals surface area (Å²) in [5.74, 6) is 4.20. The number of hydrogen-bond donors (Lipinski definition) is 0. The summed E-state index contributed by atoms with van der Waals surface area (Å²) in [5, 5.41) is 0. The summed E-state index contributed by atoms with van der Waals surface area (Å²) in [6.07, 6.45) is 14.3. The second-order valence-corrected chi connectivity index (χ2v) is 9.66. The first-order chi connectivity index (χ1) is 16.2. The Morgan fingerprint density at radius 3 is 2.27 bits per heavy atom. The number of hydrogen-bond acceptors (Lipinski definition) is 3. The Balaban J connectivity index is 1.30. The fourth-order valence-corrected chi connectivity index (χ4v) is 5.72. The van der Waals surface area contributed by atoms with E-state index in [1.54, 1.807) is 30.3 Å². The molecule has 2 aliphatic rings. The van der Waals surface area contributed by atoms with E-state index in [4.69, 9.17) is 9.47 Å². The van der Waals surface area contributed by atoms with E-state index in [9.17, 15) is 4.79 Å². The molecule has 0 bridgehead atoms. The molecule has 3 nitrogen and oxygen atoms in total. The van der Waals surface area contributed by atoms with Gasteiger partial charge in [-0.2, -0.15) is 0 Å². The van der Waals surface area contributed by atoms with E-state index in [0.717, 1.165) is 29.9 Å². The van der Waals surface area contributed by atoms with Crippen LogP contribution in [0.25, 0.3) is 0 Å². The van der Waals surface area contributed by atoms with Crippen molar-refractivity contribution in [2.45, 2.75) is 57.3 Å². The van der Waals surface area contributed by atoms with Gasteiger partial charge in [0.25, 0.3) is 0 Å². The highest BCUT2D eigenvalue weighted by Gasteiger charge is 2.35. The number of esters is 1. The minimum absolute atomic E-state index is 0.331. The molecule has 2 aromatic rings. The highest BCUT2D eigenvalue weighted by molar-refractivity contribution is 5.91. The first-order valence-corrected chi connectivity index (χ1v) is 12.4. The molecule has 2 aromatic carbocycles. The lowest BCUT2D eigenvalue weighted by Crippen LogP contribution is -2.30. The zero-order valence-corrected chi connectivity index (χ0v) is 19.6. The molecule has 2 aliphatic carbocycles. The molecule has 0 aliphatic heterocycles. The molecule has 0 aromatic heterocycles. The van der Waals surface area contributed by atoms with Gasteiger partial charge in [0.1, 0.15) is 18.1 Å². The smallest absolute Gasteiger partial charge is 0.343 e. The third-order valence-corrected chi connectivity index (χ3v) is 7.52. The SMILES string of the molecule is C=CCCC1CCC2CC(c3ccc(C(=O)Oc4ccc(OCC=C)cc4)cc3)CCC2C1. The van der Waals surface area contributed by atoms with Crippen molar-refractivity contribution < 1.29 is 14.3 Å². The number of fused-ring (bicyclic) bond motifs is 1. The van der Waals surface area contributed by atoms with Gasteiger partial charge >= 0.3 is 5.97 Å². The van der Waals surface area contributed by atoms with E-state index < -0.39 is 0 Å². The highest BCUT2D eigenvalue weighted by Crippen LogP contribution is 2.48. The van der Waals surface area contributed by atoms with Crippen LogP contribution in [-0.4, -0.2) is 12.6 Å². The van der Waals surface area contributed by atoms with E-state index in [0.29, 0.717) is 23.8 Å². The van der Waals surface area contributed by atoms with E-state index in [2.05, 4.69) is 31.4 Å². The normalized spacial score (nSPS) is 24.4. The summed E-state index contributed by atoms with van der Waals surface area (Å²) in [7, 11) is 0. The maximum atomic E-state index is 12.6. The van der Waals surface area contributed by atoms with E-state index in [1.165, 1.54) is 50.5 Å². The largest absolute Gasteiger partial charge is 0.490 e. The molecule has 0 amide bonds. The standard InChI is InChI=1S/C30H36O3/c1-3-5-6-22-7-8-27-21-26(14-13-25(27)20-22)23-9-11-24(12-10-23)30(31)33-29-17-15-28(16-18-29)32-19-4-2/h3-4,9-12,15-18,22,25-27H,1-2,5-8,13-14,19-21H2. The first kappa shape index (κ1) is 23.4. The molecular weight excluding hydrogens is 408 g/mol. The summed E-state index contributed by atoms with van der Waals surface area (Å²) in [6, 6.07) is 15.2. The fraction of sp³-hybridized carbons (Fsp3) is 0.433. The lowest BCUT2D eigenvalue weighted by Gasteiger charge is -2.42. The van der Waals surface area contributed by atoms with E-state index in [-0.39, 0.29) is 5.97 Å². The molecule has 0 N–H and O–H groups in total. The summed E-state index contributed by atoms with van der Waals surface area (Å²) >= 11 is 0.